The normalized spacial score (nSPS) is 15.8. The lowest BCUT2D eigenvalue weighted by Crippen LogP contribution is -2.57. The second kappa shape index (κ2) is 10.8. The van der Waals surface area contributed by atoms with E-state index in [4.69, 9.17) is 9.84 Å². The van der Waals surface area contributed by atoms with E-state index in [0.29, 0.717) is 25.9 Å². The molecule has 4 rings (SSSR count). The lowest BCUT2D eigenvalue weighted by atomic mass is 9.93. The van der Waals surface area contributed by atoms with Gasteiger partial charge in [-0.15, -0.1) is 0 Å². The van der Waals surface area contributed by atoms with Crippen molar-refractivity contribution in [3.8, 4) is 11.1 Å². The maximum Gasteiger partial charge on any atom is 0.407 e. The molecule has 0 spiro atoms. The lowest BCUT2D eigenvalue weighted by molar-refractivity contribution is -0.141. The minimum Gasteiger partial charge on any atom is -0.481 e. The molecule has 0 radical (unpaired) electrons. The third kappa shape index (κ3) is 5.78. The molecule has 2 aromatic rings. The summed E-state index contributed by atoms with van der Waals surface area (Å²) in [6.45, 7) is 0.750. The number of alkyl halides is 2. The summed E-state index contributed by atoms with van der Waals surface area (Å²) in [5, 5.41) is 11.1. The summed E-state index contributed by atoms with van der Waals surface area (Å²) in [6, 6.07) is 14.3. The summed E-state index contributed by atoms with van der Waals surface area (Å²) in [7, 11) is 0. The van der Waals surface area contributed by atoms with Gasteiger partial charge in [-0.2, -0.15) is 0 Å². The van der Waals surface area contributed by atoms with Crippen LogP contribution >= 0.6 is 0 Å². The van der Waals surface area contributed by atoms with Gasteiger partial charge in [0.1, 0.15) is 12.6 Å². The van der Waals surface area contributed by atoms with Crippen molar-refractivity contribution in [2.45, 2.75) is 44.1 Å². The largest absolute Gasteiger partial charge is 0.481 e. The van der Waals surface area contributed by atoms with E-state index in [1.165, 1.54) is 4.90 Å². The van der Waals surface area contributed by atoms with Crippen LogP contribution in [0.1, 0.15) is 42.7 Å². The number of carboxylic acid groups (broad SMARTS) is 1. The maximum absolute atomic E-state index is 13.1. The molecule has 1 heterocycles. The number of nitrogens with one attached hydrogen (secondary N) is 1. The second-order valence-electron chi connectivity index (χ2n) is 9.04. The van der Waals surface area contributed by atoms with E-state index < -0.39 is 36.9 Å². The average Bonchev–Trinajstić information content (AvgIpc) is 3.11. The van der Waals surface area contributed by atoms with Crippen LogP contribution in [0.4, 0.5) is 13.6 Å². The minimum atomic E-state index is -2.77. The molecule has 1 fully saturated rings. The number of carboxylic acids is 1. The monoisotopic (exact) mass is 486 g/mol. The Kier molecular flexibility index (Phi) is 7.63. The number of amides is 2. The Morgan fingerprint density at radius 1 is 1.03 bits per heavy atom. The van der Waals surface area contributed by atoms with Crippen LogP contribution in [0.3, 0.4) is 0 Å². The van der Waals surface area contributed by atoms with E-state index in [0.717, 1.165) is 22.3 Å². The van der Waals surface area contributed by atoms with Crippen molar-refractivity contribution in [1.29, 1.82) is 0 Å². The number of carbonyl (C=O) groups excluding carboxylic acids is 2. The number of nitrogens with zero attached hydrogens (tertiary/aromatic N) is 1. The van der Waals surface area contributed by atoms with Crippen LogP contribution in [-0.4, -0.2) is 60.1 Å². The fourth-order valence-electron chi connectivity index (χ4n) is 4.88. The van der Waals surface area contributed by atoms with Crippen molar-refractivity contribution >= 4 is 18.0 Å². The molecule has 0 bridgehead atoms. The summed E-state index contributed by atoms with van der Waals surface area (Å²) in [5.41, 5.74) is 4.18. The van der Waals surface area contributed by atoms with Crippen molar-refractivity contribution in [2.24, 2.45) is 5.92 Å². The quantitative estimate of drug-likeness (QED) is 0.523. The number of hydrogen-bond donors (Lipinski definition) is 2. The van der Waals surface area contributed by atoms with E-state index in [1.807, 2.05) is 48.5 Å². The van der Waals surface area contributed by atoms with Crippen molar-refractivity contribution in [3.05, 3.63) is 59.7 Å². The first-order chi connectivity index (χ1) is 16.8. The average molecular weight is 487 g/mol. The first kappa shape index (κ1) is 24.6. The molecule has 2 amide bonds. The first-order valence-electron chi connectivity index (χ1n) is 11.7. The number of fused-ring (bicyclic) bond motifs is 3. The molecule has 2 aliphatic rings. The zero-order valence-corrected chi connectivity index (χ0v) is 19.2. The lowest BCUT2D eigenvalue weighted by Gasteiger charge is -2.41. The van der Waals surface area contributed by atoms with Gasteiger partial charge in [-0.25, -0.2) is 13.6 Å². The zero-order chi connectivity index (χ0) is 24.9. The van der Waals surface area contributed by atoms with Crippen molar-refractivity contribution < 1.29 is 33.0 Å². The highest BCUT2D eigenvalue weighted by Gasteiger charge is 2.36. The number of alkyl carbamates (subject to hydrolysis) is 1. The van der Waals surface area contributed by atoms with Crippen LogP contribution < -0.4 is 5.32 Å². The molecular formula is C26H28F2N2O5. The zero-order valence-electron chi connectivity index (χ0n) is 19.2. The summed E-state index contributed by atoms with van der Waals surface area (Å²) >= 11 is 0. The van der Waals surface area contributed by atoms with Crippen LogP contribution in [-0.2, 0) is 14.3 Å². The number of ether oxygens (including phenoxy) is 1. The first-order valence-corrected chi connectivity index (χ1v) is 11.7. The van der Waals surface area contributed by atoms with Crippen LogP contribution in [0.15, 0.2) is 48.5 Å². The smallest absolute Gasteiger partial charge is 0.407 e. The molecule has 9 heteroatoms. The summed E-state index contributed by atoms with van der Waals surface area (Å²) in [6.07, 6.45) is -3.28. The molecule has 7 nitrogen and oxygen atoms in total. The Morgan fingerprint density at radius 2 is 1.63 bits per heavy atom. The topological polar surface area (TPSA) is 95.9 Å². The predicted octanol–water partition coefficient (Wildman–Crippen LogP) is 4.26. The van der Waals surface area contributed by atoms with Crippen LogP contribution in [0, 0.1) is 5.92 Å². The van der Waals surface area contributed by atoms with Gasteiger partial charge in [-0.3, -0.25) is 9.59 Å². The molecule has 1 aliphatic heterocycles. The highest BCUT2D eigenvalue weighted by atomic mass is 19.3. The number of aliphatic carboxylic acids is 1. The Bertz CT molecular complexity index is 1040. The van der Waals surface area contributed by atoms with E-state index >= 15 is 0 Å². The number of carbonyl (C=O) groups is 3. The van der Waals surface area contributed by atoms with Gasteiger partial charge in [0, 0.05) is 31.8 Å². The Balaban J connectivity index is 1.32. The molecule has 1 atom stereocenters. The van der Waals surface area contributed by atoms with Gasteiger partial charge < -0.3 is 20.1 Å². The minimum absolute atomic E-state index is 0.0187. The molecule has 1 saturated heterocycles. The molecule has 1 unspecified atom stereocenters. The summed E-state index contributed by atoms with van der Waals surface area (Å²) in [4.78, 5) is 37.3. The Hall–Kier alpha value is -3.49. The SMILES string of the molecule is O=C(O)CCCC1CN(C(=O)C(CC(F)F)NC(=O)OCC2c3ccccc3-c3ccccc32)C1. The van der Waals surface area contributed by atoms with Gasteiger partial charge in [0.05, 0.1) is 0 Å². The maximum atomic E-state index is 13.1. The molecule has 1 aliphatic carbocycles. The molecular weight excluding hydrogens is 458 g/mol. The van der Waals surface area contributed by atoms with Crippen molar-refractivity contribution in [2.75, 3.05) is 19.7 Å². The van der Waals surface area contributed by atoms with Gasteiger partial charge >= 0.3 is 12.1 Å². The Morgan fingerprint density at radius 3 is 2.20 bits per heavy atom. The van der Waals surface area contributed by atoms with Gasteiger partial charge in [-0.05, 0) is 41.0 Å². The van der Waals surface area contributed by atoms with E-state index in [1.54, 1.807) is 0 Å². The number of benzene rings is 2. The third-order valence-corrected chi connectivity index (χ3v) is 6.62. The number of likely N-dealkylation sites (tertiary alicyclic amines) is 1. The third-order valence-electron chi connectivity index (χ3n) is 6.62. The molecule has 0 aromatic heterocycles. The highest BCUT2D eigenvalue weighted by molar-refractivity contribution is 5.86. The van der Waals surface area contributed by atoms with Crippen molar-refractivity contribution in [1.82, 2.24) is 10.2 Å². The summed E-state index contributed by atoms with van der Waals surface area (Å²) < 4.78 is 31.7. The second-order valence-corrected chi connectivity index (χ2v) is 9.04. The molecule has 0 saturated carbocycles. The molecule has 2 aromatic carbocycles. The van der Waals surface area contributed by atoms with Crippen molar-refractivity contribution in [3.63, 3.8) is 0 Å². The van der Waals surface area contributed by atoms with Gasteiger partial charge in [0.15, 0.2) is 0 Å². The van der Waals surface area contributed by atoms with Crippen LogP contribution in [0.5, 0.6) is 0 Å². The number of halogens is 2. The standard InChI is InChI=1S/C26H28F2N2O5/c27-23(28)12-22(25(33)30-13-16(14-30)6-5-11-24(31)32)29-26(34)35-15-21-19-9-3-1-7-17(19)18-8-2-4-10-20(18)21/h1-4,7-10,16,21-23H,5-6,11-15H2,(H,29,34)(H,31,32). The fourth-order valence-corrected chi connectivity index (χ4v) is 4.88. The fraction of sp³-hybridized carbons (Fsp3) is 0.423. The number of hydrogen-bond acceptors (Lipinski definition) is 4. The Labute approximate surface area is 202 Å². The highest BCUT2D eigenvalue weighted by Crippen LogP contribution is 2.44. The van der Waals surface area contributed by atoms with Gasteiger partial charge in [0.25, 0.3) is 0 Å². The van der Waals surface area contributed by atoms with E-state index in [9.17, 15) is 23.2 Å². The number of rotatable bonds is 10. The molecule has 35 heavy (non-hydrogen) atoms. The van der Waals surface area contributed by atoms with E-state index in [-0.39, 0.29) is 24.9 Å². The molecule has 186 valence electrons. The predicted molar refractivity (Wildman–Crippen MR) is 124 cm³/mol. The van der Waals surface area contributed by atoms with E-state index in [2.05, 4.69) is 5.32 Å². The molecule has 2 N–H and O–H groups in total. The van der Waals surface area contributed by atoms with Crippen LogP contribution in [0.2, 0.25) is 0 Å². The van der Waals surface area contributed by atoms with Gasteiger partial charge in [0.2, 0.25) is 12.3 Å². The summed E-state index contributed by atoms with van der Waals surface area (Å²) in [5.74, 6) is -1.49. The van der Waals surface area contributed by atoms with Gasteiger partial charge in [-0.1, -0.05) is 48.5 Å². The van der Waals surface area contributed by atoms with Crippen LogP contribution in [0.25, 0.3) is 11.1 Å².